The Morgan fingerprint density at radius 3 is 3.00 bits per heavy atom. The highest BCUT2D eigenvalue weighted by Gasteiger charge is 2.30. The standard InChI is InChI=1S/C22H23ClN4O3S/c1-13-19(31-22(25-13)26-14(2)28)21(29)27-8-4-6-16(12-27)20-24-11-18(30-20)10-15-5-3-7-17(23)9-15/h3,5,7,9,11,16H,4,6,8,10,12H2,1-2H3,(H,25,26,28)/t16-/m1/s1. The minimum absolute atomic E-state index is 0.0499. The molecule has 1 N–H and O–H groups in total. The number of piperidine rings is 1. The zero-order valence-electron chi connectivity index (χ0n) is 17.4. The Bertz CT molecular complexity index is 1110. The zero-order chi connectivity index (χ0) is 22.0. The number of hydrogen-bond donors (Lipinski definition) is 1. The number of oxazole rings is 1. The second kappa shape index (κ2) is 9.20. The number of amides is 2. The number of nitrogens with zero attached hydrogens (tertiary/aromatic N) is 3. The number of aromatic nitrogens is 2. The van der Waals surface area contributed by atoms with Gasteiger partial charge < -0.3 is 14.6 Å². The van der Waals surface area contributed by atoms with Crippen LogP contribution in [0.25, 0.3) is 0 Å². The molecule has 3 heterocycles. The van der Waals surface area contributed by atoms with Crippen molar-refractivity contribution in [2.75, 3.05) is 18.4 Å². The summed E-state index contributed by atoms with van der Waals surface area (Å²) in [5.41, 5.74) is 1.69. The van der Waals surface area contributed by atoms with E-state index in [2.05, 4.69) is 15.3 Å². The van der Waals surface area contributed by atoms with E-state index in [0.29, 0.717) is 46.1 Å². The summed E-state index contributed by atoms with van der Waals surface area (Å²) in [5, 5.41) is 3.79. The van der Waals surface area contributed by atoms with Gasteiger partial charge in [0.15, 0.2) is 11.0 Å². The van der Waals surface area contributed by atoms with Crippen LogP contribution in [0.2, 0.25) is 5.02 Å². The van der Waals surface area contributed by atoms with Gasteiger partial charge in [-0.3, -0.25) is 9.59 Å². The van der Waals surface area contributed by atoms with Crippen LogP contribution in [0.4, 0.5) is 5.13 Å². The molecule has 1 aliphatic heterocycles. The fourth-order valence-electron chi connectivity index (χ4n) is 3.75. The second-order valence-electron chi connectivity index (χ2n) is 7.68. The molecular formula is C22H23ClN4O3S. The van der Waals surface area contributed by atoms with Crippen LogP contribution in [0.1, 0.15) is 58.3 Å². The van der Waals surface area contributed by atoms with Crippen molar-refractivity contribution in [3.05, 3.63) is 63.3 Å². The van der Waals surface area contributed by atoms with E-state index in [1.165, 1.54) is 18.3 Å². The number of carbonyl (C=O) groups excluding carboxylic acids is 2. The predicted molar refractivity (Wildman–Crippen MR) is 120 cm³/mol. The van der Waals surface area contributed by atoms with E-state index < -0.39 is 0 Å². The number of thiazole rings is 1. The third-order valence-corrected chi connectivity index (χ3v) is 6.47. The SMILES string of the molecule is CC(=O)Nc1nc(C)c(C(=O)N2CCC[C@@H](c3ncc(Cc4cccc(Cl)c4)o3)C2)s1. The number of likely N-dealkylation sites (tertiary alicyclic amines) is 1. The normalized spacial score (nSPS) is 16.4. The number of rotatable bonds is 5. The van der Waals surface area contributed by atoms with Gasteiger partial charge in [0.1, 0.15) is 10.6 Å². The highest BCUT2D eigenvalue weighted by molar-refractivity contribution is 7.17. The quantitative estimate of drug-likeness (QED) is 0.600. The van der Waals surface area contributed by atoms with Crippen molar-refractivity contribution < 1.29 is 14.0 Å². The van der Waals surface area contributed by atoms with Gasteiger partial charge in [-0.15, -0.1) is 0 Å². The molecular weight excluding hydrogens is 436 g/mol. The Morgan fingerprint density at radius 1 is 1.39 bits per heavy atom. The minimum Gasteiger partial charge on any atom is -0.445 e. The molecule has 1 atom stereocenters. The zero-order valence-corrected chi connectivity index (χ0v) is 18.9. The Morgan fingerprint density at radius 2 is 2.23 bits per heavy atom. The van der Waals surface area contributed by atoms with E-state index in [1.54, 1.807) is 13.1 Å². The fraction of sp³-hybridized carbons (Fsp3) is 0.364. The van der Waals surface area contributed by atoms with Gasteiger partial charge in [-0.2, -0.15) is 0 Å². The number of benzene rings is 1. The lowest BCUT2D eigenvalue weighted by atomic mass is 9.98. The molecule has 1 saturated heterocycles. The van der Waals surface area contributed by atoms with Crippen LogP contribution in [0.3, 0.4) is 0 Å². The largest absolute Gasteiger partial charge is 0.445 e. The lowest BCUT2D eigenvalue weighted by molar-refractivity contribution is -0.114. The molecule has 9 heteroatoms. The van der Waals surface area contributed by atoms with Crippen molar-refractivity contribution in [1.82, 2.24) is 14.9 Å². The third-order valence-electron chi connectivity index (χ3n) is 5.17. The Labute approximate surface area is 189 Å². The summed E-state index contributed by atoms with van der Waals surface area (Å²) >= 11 is 7.27. The molecule has 0 saturated carbocycles. The van der Waals surface area contributed by atoms with Gasteiger partial charge in [-0.1, -0.05) is 35.1 Å². The number of halogens is 1. The van der Waals surface area contributed by atoms with Crippen molar-refractivity contribution in [2.24, 2.45) is 0 Å². The maximum absolute atomic E-state index is 13.1. The smallest absolute Gasteiger partial charge is 0.265 e. The number of carbonyl (C=O) groups is 2. The van der Waals surface area contributed by atoms with Gasteiger partial charge in [0, 0.05) is 31.5 Å². The maximum Gasteiger partial charge on any atom is 0.265 e. The molecule has 1 aromatic carbocycles. The van der Waals surface area contributed by atoms with Crippen LogP contribution in [0.5, 0.6) is 0 Å². The molecule has 1 fully saturated rings. The topological polar surface area (TPSA) is 88.3 Å². The summed E-state index contributed by atoms with van der Waals surface area (Å²) in [6, 6.07) is 7.67. The minimum atomic E-state index is -0.205. The lowest BCUT2D eigenvalue weighted by Gasteiger charge is -2.31. The molecule has 3 aromatic rings. The summed E-state index contributed by atoms with van der Waals surface area (Å²) < 4.78 is 6.02. The van der Waals surface area contributed by atoms with Crippen molar-refractivity contribution in [3.8, 4) is 0 Å². The van der Waals surface area contributed by atoms with E-state index in [-0.39, 0.29) is 17.7 Å². The molecule has 2 amide bonds. The molecule has 162 valence electrons. The molecule has 4 rings (SSSR count). The third kappa shape index (κ3) is 5.14. The molecule has 1 aliphatic rings. The Hall–Kier alpha value is -2.71. The first kappa shape index (κ1) is 21.5. The molecule has 0 aliphatic carbocycles. The summed E-state index contributed by atoms with van der Waals surface area (Å²) in [7, 11) is 0. The van der Waals surface area contributed by atoms with Crippen LogP contribution >= 0.6 is 22.9 Å². The van der Waals surface area contributed by atoms with E-state index in [0.717, 1.165) is 24.2 Å². The number of hydrogen-bond acceptors (Lipinski definition) is 6. The molecule has 0 spiro atoms. The van der Waals surface area contributed by atoms with Gasteiger partial charge in [-0.05, 0) is 37.5 Å². The average molecular weight is 459 g/mol. The van der Waals surface area contributed by atoms with Gasteiger partial charge in [0.2, 0.25) is 5.91 Å². The monoisotopic (exact) mass is 458 g/mol. The maximum atomic E-state index is 13.1. The first-order valence-electron chi connectivity index (χ1n) is 10.1. The van der Waals surface area contributed by atoms with Gasteiger partial charge in [0.25, 0.3) is 5.91 Å². The number of nitrogens with one attached hydrogen (secondary N) is 1. The van der Waals surface area contributed by atoms with Crippen LogP contribution in [0, 0.1) is 6.92 Å². The van der Waals surface area contributed by atoms with Gasteiger partial charge >= 0.3 is 0 Å². The van der Waals surface area contributed by atoms with E-state index in [4.69, 9.17) is 16.0 Å². The second-order valence-corrected chi connectivity index (χ2v) is 9.11. The van der Waals surface area contributed by atoms with Crippen LogP contribution in [0.15, 0.2) is 34.9 Å². The summed E-state index contributed by atoms with van der Waals surface area (Å²) in [6.07, 6.45) is 4.16. The summed E-state index contributed by atoms with van der Waals surface area (Å²) in [6.45, 7) is 4.43. The Kier molecular flexibility index (Phi) is 6.38. The first-order chi connectivity index (χ1) is 14.9. The van der Waals surface area contributed by atoms with Crippen LogP contribution in [-0.4, -0.2) is 39.8 Å². The van der Waals surface area contributed by atoms with Gasteiger partial charge in [-0.25, -0.2) is 9.97 Å². The number of aryl methyl sites for hydroxylation is 1. The van der Waals surface area contributed by atoms with Crippen molar-refractivity contribution >= 4 is 39.9 Å². The van der Waals surface area contributed by atoms with Crippen molar-refractivity contribution in [2.45, 2.75) is 39.0 Å². The average Bonchev–Trinajstić information content (AvgIpc) is 3.33. The highest BCUT2D eigenvalue weighted by Crippen LogP contribution is 2.30. The Balaban J connectivity index is 1.44. The predicted octanol–water partition coefficient (Wildman–Crippen LogP) is 4.66. The molecule has 31 heavy (non-hydrogen) atoms. The van der Waals surface area contributed by atoms with Crippen molar-refractivity contribution in [1.29, 1.82) is 0 Å². The molecule has 0 radical (unpaired) electrons. The highest BCUT2D eigenvalue weighted by atomic mass is 35.5. The fourth-order valence-corrected chi connectivity index (χ4v) is 4.94. The molecule has 2 aromatic heterocycles. The van der Waals surface area contributed by atoms with Crippen LogP contribution in [-0.2, 0) is 11.2 Å². The lowest BCUT2D eigenvalue weighted by Crippen LogP contribution is -2.39. The van der Waals surface area contributed by atoms with E-state index >= 15 is 0 Å². The first-order valence-corrected chi connectivity index (χ1v) is 11.3. The number of anilines is 1. The summed E-state index contributed by atoms with van der Waals surface area (Å²) in [5.74, 6) is 1.22. The summed E-state index contributed by atoms with van der Waals surface area (Å²) in [4.78, 5) is 35.5. The van der Waals surface area contributed by atoms with Gasteiger partial charge in [0.05, 0.1) is 17.8 Å². The van der Waals surface area contributed by atoms with E-state index in [9.17, 15) is 9.59 Å². The molecule has 7 nitrogen and oxygen atoms in total. The van der Waals surface area contributed by atoms with E-state index in [1.807, 2.05) is 29.2 Å². The van der Waals surface area contributed by atoms with Crippen LogP contribution < -0.4 is 5.32 Å². The molecule has 0 unspecified atom stereocenters. The van der Waals surface area contributed by atoms with Crippen molar-refractivity contribution in [3.63, 3.8) is 0 Å². The molecule has 0 bridgehead atoms.